The molecule has 0 aromatic heterocycles. The number of fused-ring (bicyclic) bond motifs is 1. The van der Waals surface area contributed by atoms with Crippen molar-refractivity contribution >= 4 is 17.5 Å². The highest BCUT2D eigenvalue weighted by Crippen LogP contribution is 2.38. The monoisotopic (exact) mass is 396 g/mol. The maximum atomic E-state index is 13.2. The average Bonchev–Trinajstić information content (AvgIpc) is 2.97. The number of methoxy groups -OCH3 is 2. The summed E-state index contributed by atoms with van der Waals surface area (Å²) in [7, 11) is 3.18. The summed E-state index contributed by atoms with van der Waals surface area (Å²) in [6.07, 6.45) is 3.16. The van der Waals surface area contributed by atoms with Gasteiger partial charge in [0.15, 0.2) is 11.5 Å². The summed E-state index contributed by atoms with van der Waals surface area (Å²) >= 11 is 0. The normalized spacial score (nSPS) is 15.2. The molecule has 29 heavy (non-hydrogen) atoms. The fourth-order valence-electron chi connectivity index (χ4n) is 3.69. The molecule has 0 fully saturated rings. The van der Waals surface area contributed by atoms with Gasteiger partial charge in [-0.05, 0) is 42.2 Å². The van der Waals surface area contributed by atoms with Crippen LogP contribution in [0, 0.1) is 0 Å². The molecule has 1 aliphatic heterocycles. The van der Waals surface area contributed by atoms with E-state index in [0.29, 0.717) is 18.0 Å². The van der Waals surface area contributed by atoms with E-state index in [0.717, 1.165) is 36.1 Å². The lowest BCUT2D eigenvalue weighted by atomic mass is 10.0. The number of amides is 2. The fourth-order valence-corrected chi connectivity index (χ4v) is 3.69. The van der Waals surface area contributed by atoms with Gasteiger partial charge in [0, 0.05) is 18.2 Å². The molecule has 0 bridgehead atoms. The summed E-state index contributed by atoms with van der Waals surface area (Å²) in [6.45, 7) is 3.98. The number of nitrogens with zero attached hydrogens (tertiary/aromatic N) is 1. The first-order valence-corrected chi connectivity index (χ1v) is 9.90. The minimum absolute atomic E-state index is 0.127. The lowest BCUT2D eigenvalue weighted by molar-refractivity contribution is -0.126. The number of carbonyl (C=O) groups is 2. The molecule has 0 aliphatic carbocycles. The van der Waals surface area contributed by atoms with Crippen LogP contribution in [0.3, 0.4) is 0 Å². The summed E-state index contributed by atoms with van der Waals surface area (Å²) in [5, 5.41) is 2.81. The minimum atomic E-state index is -0.649. The number of nitrogens with one attached hydrogen (secondary N) is 1. The summed E-state index contributed by atoms with van der Waals surface area (Å²) in [6, 6.07) is 11.1. The molecule has 0 unspecified atom stereocenters. The second kappa shape index (κ2) is 8.99. The first-order chi connectivity index (χ1) is 14.0. The molecule has 0 radical (unpaired) electrons. The molecule has 0 spiro atoms. The molecular weight excluding hydrogens is 368 g/mol. The molecular formula is C23H28N2O4. The highest BCUT2D eigenvalue weighted by Gasteiger charge is 2.38. The zero-order valence-corrected chi connectivity index (χ0v) is 17.5. The van der Waals surface area contributed by atoms with Crippen molar-refractivity contribution in [3.63, 3.8) is 0 Å². The molecule has 2 amide bonds. The third kappa shape index (κ3) is 4.36. The Morgan fingerprint density at radius 2 is 1.79 bits per heavy atom. The quantitative estimate of drug-likeness (QED) is 0.738. The van der Waals surface area contributed by atoms with Gasteiger partial charge in [0.2, 0.25) is 5.91 Å². The SMILES string of the molecule is CCCCc1ccc2c(c1)[C@H](NC(C)=O)C(=O)N2Cc1ccc(OC)c(OC)c1. The largest absolute Gasteiger partial charge is 0.493 e. The van der Waals surface area contributed by atoms with Crippen LogP contribution >= 0.6 is 0 Å². The van der Waals surface area contributed by atoms with Crippen molar-refractivity contribution in [2.75, 3.05) is 19.1 Å². The van der Waals surface area contributed by atoms with Crippen molar-refractivity contribution in [1.82, 2.24) is 5.32 Å². The average molecular weight is 396 g/mol. The molecule has 6 heteroatoms. The lowest BCUT2D eigenvalue weighted by Crippen LogP contribution is -2.36. The number of benzene rings is 2. The number of unbranched alkanes of at least 4 members (excludes halogenated alkanes) is 1. The zero-order valence-electron chi connectivity index (χ0n) is 17.5. The summed E-state index contributed by atoms with van der Waals surface area (Å²) < 4.78 is 10.7. The van der Waals surface area contributed by atoms with Crippen LogP contribution in [0.4, 0.5) is 5.69 Å². The van der Waals surface area contributed by atoms with Gasteiger partial charge < -0.3 is 19.7 Å². The van der Waals surface area contributed by atoms with Crippen LogP contribution in [0.5, 0.6) is 11.5 Å². The topological polar surface area (TPSA) is 67.9 Å². The summed E-state index contributed by atoms with van der Waals surface area (Å²) in [5.41, 5.74) is 3.80. The summed E-state index contributed by atoms with van der Waals surface area (Å²) in [5.74, 6) is 0.908. The standard InChI is InChI=1S/C23H28N2O4/c1-5-6-7-16-8-10-19-18(12-16)22(24-15(2)26)23(27)25(19)14-17-9-11-20(28-3)21(13-17)29-4/h8-13,22H,5-7,14H2,1-4H3,(H,24,26)/t22-/m0/s1. The third-order valence-electron chi connectivity index (χ3n) is 5.16. The molecule has 2 aromatic carbocycles. The Morgan fingerprint density at radius 1 is 1.07 bits per heavy atom. The van der Waals surface area contributed by atoms with Gasteiger partial charge in [-0.15, -0.1) is 0 Å². The van der Waals surface area contributed by atoms with Gasteiger partial charge in [0.05, 0.1) is 20.8 Å². The number of anilines is 1. The molecule has 1 N–H and O–H groups in total. The minimum Gasteiger partial charge on any atom is -0.493 e. The predicted octanol–water partition coefficient (Wildman–Crippen LogP) is 3.77. The van der Waals surface area contributed by atoms with Crippen molar-refractivity contribution in [1.29, 1.82) is 0 Å². The molecule has 0 saturated heterocycles. The lowest BCUT2D eigenvalue weighted by Gasteiger charge is -2.19. The van der Waals surface area contributed by atoms with E-state index < -0.39 is 6.04 Å². The Balaban J connectivity index is 1.94. The number of carbonyl (C=O) groups excluding carboxylic acids is 2. The molecule has 1 aliphatic rings. The highest BCUT2D eigenvalue weighted by atomic mass is 16.5. The first-order valence-electron chi connectivity index (χ1n) is 9.90. The highest BCUT2D eigenvalue weighted by molar-refractivity contribution is 6.06. The van der Waals surface area contributed by atoms with Gasteiger partial charge in [-0.25, -0.2) is 0 Å². The number of ether oxygens (including phenoxy) is 2. The van der Waals surface area contributed by atoms with Crippen LogP contribution in [0.15, 0.2) is 36.4 Å². The first kappa shape index (κ1) is 20.7. The van der Waals surface area contributed by atoms with Gasteiger partial charge in [-0.3, -0.25) is 9.59 Å². The van der Waals surface area contributed by atoms with Gasteiger partial charge in [0.1, 0.15) is 6.04 Å². The molecule has 154 valence electrons. The second-order valence-corrected chi connectivity index (χ2v) is 7.24. The number of hydrogen-bond donors (Lipinski definition) is 1. The molecule has 3 rings (SSSR count). The van der Waals surface area contributed by atoms with Gasteiger partial charge >= 0.3 is 0 Å². The molecule has 0 saturated carbocycles. The van der Waals surface area contributed by atoms with E-state index in [1.807, 2.05) is 24.3 Å². The zero-order chi connectivity index (χ0) is 21.0. The molecule has 6 nitrogen and oxygen atoms in total. The smallest absolute Gasteiger partial charge is 0.254 e. The van der Waals surface area contributed by atoms with Crippen molar-refractivity contribution in [3.8, 4) is 11.5 Å². The van der Waals surface area contributed by atoms with Gasteiger partial charge in [-0.2, -0.15) is 0 Å². The van der Waals surface area contributed by atoms with Gasteiger partial charge in [0.25, 0.3) is 5.91 Å². The fraction of sp³-hybridized carbons (Fsp3) is 0.391. The van der Waals surface area contributed by atoms with Crippen molar-refractivity contribution in [2.24, 2.45) is 0 Å². The van der Waals surface area contributed by atoms with Crippen molar-refractivity contribution in [3.05, 3.63) is 53.1 Å². The Morgan fingerprint density at radius 3 is 2.45 bits per heavy atom. The number of hydrogen-bond acceptors (Lipinski definition) is 4. The van der Waals surface area contributed by atoms with E-state index in [-0.39, 0.29) is 11.8 Å². The Kier molecular flexibility index (Phi) is 6.42. The second-order valence-electron chi connectivity index (χ2n) is 7.24. The maximum Gasteiger partial charge on any atom is 0.254 e. The number of aryl methyl sites for hydroxylation is 1. The van der Waals surface area contributed by atoms with Crippen LogP contribution in [0.2, 0.25) is 0 Å². The van der Waals surface area contributed by atoms with Gasteiger partial charge in [-0.1, -0.05) is 31.5 Å². The third-order valence-corrected chi connectivity index (χ3v) is 5.16. The predicted molar refractivity (Wildman–Crippen MR) is 112 cm³/mol. The van der Waals surface area contributed by atoms with E-state index in [4.69, 9.17) is 9.47 Å². The van der Waals surface area contributed by atoms with Crippen LogP contribution in [0.1, 0.15) is 49.4 Å². The van der Waals surface area contributed by atoms with Crippen LogP contribution in [-0.4, -0.2) is 26.0 Å². The summed E-state index contributed by atoms with van der Waals surface area (Å²) in [4.78, 5) is 26.6. The van der Waals surface area contributed by atoms with E-state index in [9.17, 15) is 9.59 Å². The number of rotatable bonds is 8. The maximum absolute atomic E-state index is 13.2. The van der Waals surface area contributed by atoms with E-state index >= 15 is 0 Å². The Hall–Kier alpha value is -3.02. The van der Waals surface area contributed by atoms with Crippen LogP contribution in [0.25, 0.3) is 0 Å². The van der Waals surface area contributed by atoms with Crippen molar-refractivity contribution in [2.45, 2.75) is 45.7 Å². The van der Waals surface area contributed by atoms with Crippen LogP contribution in [-0.2, 0) is 22.6 Å². The molecule has 1 atom stereocenters. The molecule has 1 heterocycles. The van der Waals surface area contributed by atoms with E-state index in [1.54, 1.807) is 19.1 Å². The van der Waals surface area contributed by atoms with Crippen molar-refractivity contribution < 1.29 is 19.1 Å². The van der Waals surface area contributed by atoms with E-state index in [2.05, 4.69) is 24.4 Å². The van der Waals surface area contributed by atoms with E-state index in [1.165, 1.54) is 12.5 Å². The Labute approximate surface area is 171 Å². The Bertz CT molecular complexity index is 910. The molecule has 2 aromatic rings. The van der Waals surface area contributed by atoms with Crippen LogP contribution < -0.4 is 19.7 Å².